The number of rotatable bonds is 1. The number of halogens is 1. The third-order valence-electron chi connectivity index (χ3n) is 2.50. The van der Waals surface area contributed by atoms with Gasteiger partial charge in [-0.05, 0) is 24.6 Å². The molecule has 0 saturated heterocycles. The van der Waals surface area contributed by atoms with Gasteiger partial charge in [0.15, 0.2) is 11.5 Å². The van der Waals surface area contributed by atoms with Gasteiger partial charge in [-0.15, -0.1) is 0 Å². The Morgan fingerprint density at radius 2 is 2.18 bits per heavy atom. The summed E-state index contributed by atoms with van der Waals surface area (Å²) in [6, 6.07) is 3.51. The Hall–Kier alpha value is -2.30. The number of fused-ring (bicyclic) bond motifs is 1. The minimum Gasteiger partial charge on any atom is -0.336 e. The molecule has 1 N–H and O–H groups in total. The lowest BCUT2D eigenvalue weighted by Crippen LogP contribution is -1.87. The van der Waals surface area contributed by atoms with Gasteiger partial charge in [0, 0.05) is 12.4 Å². The van der Waals surface area contributed by atoms with Crippen molar-refractivity contribution in [1.29, 1.82) is 0 Å². The molecule has 3 rings (SSSR count). The molecule has 0 amide bonds. The molecule has 4 nitrogen and oxygen atoms in total. The molecule has 3 aromatic heterocycles. The number of pyridine rings is 2. The van der Waals surface area contributed by atoms with Crippen molar-refractivity contribution in [2.45, 2.75) is 6.92 Å². The molecule has 0 aliphatic rings. The predicted octanol–water partition coefficient (Wildman–Crippen LogP) is 2.47. The van der Waals surface area contributed by atoms with Crippen molar-refractivity contribution in [1.82, 2.24) is 19.9 Å². The van der Waals surface area contributed by atoms with E-state index in [-0.39, 0.29) is 0 Å². The van der Waals surface area contributed by atoms with Crippen LogP contribution in [0.4, 0.5) is 4.39 Å². The van der Waals surface area contributed by atoms with Crippen LogP contribution in [0.15, 0.2) is 30.7 Å². The van der Waals surface area contributed by atoms with Crippen molar-refractivity contribution in [2.75, 3.05) is 0 Å². The fourth-order valence-electron chi connectivity index (χ4n) is 1.70. The number of aryl methyl sites for hydroxylation is 1. The molecule has 0 aromatic carbocycles. The molecule has 0 unspecified atom stereocenters. The Morgan fingerprint density at radius 3 is 3.00 bits per heavy atom. The van der Waals surface area contributed by atoms with Crippen LogP contribution in [0.2, 0.25) is 0 Å². The van der Waals surface area contributed by atoms with Crippen LogP contribution in [0, 0.1) is 12.7 Å². The smallest absolute Gasteiger partial charge is 0.178 e. The van der Waals surface area contributed by atoms with Crippen LogP contribution in [-0.2, 0) is 0 Å². The zero-order chi connectivity index (χ0) is 11.8. The van der Waals surface area contributed by atoms with E-state index in [9.17, 15) is 4.39 Å². The Bertz CT molecular complexity index is 690. The SMILES string of the molecule is Cc1cnc2nc(-c3ccncc3F)[nH]c2c1. The molecule has 0 radical (unpaired) electrons. The molecule has 0 aliphatic heterocycles. The van der Waals surface area contributed by atoms with Gasteiger partial charge < -0.3 is 4.98 Å². The molecule has 3 aromatic rings. The highest BCUT2D eigenvalue weighted by atomic mass is 19.1. The normalized spacial score (nSPS) is 10.9. The highest BCUT2D eigenvalue weighted by Crippen LogP contribution is 2.21. The minimum absolute atomic E-state index is 0.399. The summed E-state index contributed by atoms with van der Waals surface area (Å²) < 4.78 is 13.5. The van der Waals surface area contributed by atoms with Crippen molar-refractivity contribution >= 4 is 11.2 Å². The summed E-state index contributed by atoms with van der Waals surface area (Å²) in [4.78, 5) is 15.2. The summed E-state index contributed by atoms with van der Waals surface area (Å²) in [7, 11) is 0. The first-order chi connectivity index (χ1) is 8.24. The number of hydrogen-bond donors (Lipinski definition) is 1. The van der Waals surface area contributed by atoms with Gasteiger partial charge >= 0.3 is 0 Å². The maximum atomic E-state index is 13.5. The lowest BCUT2D eigenvalue weighted by Gasteiger charge is -1.96. The zero-order valence-electron chi connectivity index (χ0n) is 9.11. The largest absolute Gasteiger partial charge is 0.336 e. The van der Waals surface area contributed by atoms with E-state index < -0.39 is 5.82 Å². The van der Waals surface area contributed by atoms with E-state index >= 15 is 0 Å². The highest BCUT2D eigenvalue weighted by molar-refractivity contribution is 5.76. The molecule has 0 saturated carbocycles. The monoisotopic (exact) mass is 228 g/mol. The summed E-state index contributed by atoms with van der Waals surface area (Å²) in [5.74, 6) is 0.0706. The Balaban J connectivity index is 2.22. The summed E-state index contributed by atoms with van der Waals surface area (Å²) in [5, 5.41) is 0. The molecule has 0 fully saturated rings. The average molecular weight is 228 g/mol. The van der Waals surface area contributed by atoms with E-state index in [0.29, 0.717) is 17.0 Å². The topological polar surface area (TPSA) is 54.5 Å². The fraction of sp³-hybridized carbons (Fsp3) is 0.0833. The van der Waals surface area contributed by atoms with Gasteiger partial charge in [0.05, 0.1) is 17.3 Å². The van der Waals surface area contributed by atoms with Crippen LogP contribution < -0.4 is 0 Å². The van der Waals surface area contributed by atoms with Crippen molar-refractivity contribution in [3.63, 3.8) is 0 Å². The molecule has 0 aliphatic carbocycles. The predicted molar refractivity (Wildman–Crippen MR) is 61.8 cm³/mol. The summed E-state index contributed by atoms with van der Waals surface area (Å²) >= 11 is 0. The molecule has 0 atom stereocenters. The maximum Gasteiger partial charge on any atom is 0.178 e. The lowest BCUT2D eigenvalue weighted by molar-refractivity contribution is 0.624. The second-order valence-electron chi connectivity index (χ2n) is 3.82. The van der Waals surface area contributed by atoms with E-state index in [1.54, 1.807) is 12.3 Å². The number of aromatic amines is 1. The van der Waals surface area contributed by atoms with E-state index in [2.05, 4.69) is 19.9 Å². The van der Waals surface area contributed by atoms with E-state index in [1.807, 2.05) is 13.0 Å². The molecular formula is C12H9FN4. The molecule has 3 heterocycles. The lowest BCUT2D eigenvalue weighted by atomic mass is 10.2. The van der Waals surface area contributed by atoms with Crippen molar-refractivity contribution in [3.05, 3.63) is 42.1 Å². The van der Waals surface area contributed by atoms with Gasteiger partial charge in [0.1, 0.15) is 5.82 Å². The average Bonchev–Trinajstić information content (AvgIpc) is 2.72. The molecule has 17 heavy (non-hydrogen) atoms. The minimum atomic E-state index is -0.400. The number of nitrogens with one attached hydrogen (secondary N) is 1. The van der Waals surface area contributed by atoms with Crippen molar-refractivity contribution in [3.8, 4) is 11.4 Å². The van der Waals surface area contributed by atoms with Crippen LogP contribution in [0.25, 0.3) is 22.6 Å². The Kier molecular flexibility index (Phi) is 2.11. The highest BCUT2D eigenvalue weighted by Gasteiger charge is 2.10. The number of imidazole rings is 1. The zero-order valence-corrected chi connectivity index (χ0v) is 9.11. The van der Waals surface area contributed by atoms with Gasteiger partial charge in [-0.2, -0.15) is 0 Å². The molecule has 0 bridgehead atoms. The quantitative estimate of drug-likeness (QED) is 0.696. The van der Waals surface area contributed by atoms with Gasteiger partial charge in [0.2, 0.25) is 0 Å². The second-order valence-corrected chi connectivity index (χ2v) is 3.82. The van der Waals surface area contributed by atoms with Crippen LogP contribution in [0.5, 0.6) is 0 Å². The second kappa shape index (κ2) is 3.62. The Morgan fingerprint density at radius 1 is 1.29 bits per heavy atom. The third kappa shape index (κ3) is 1.65. The van der Waals surface area contributed by atoms with Crippen LogP contribution in [0.1, 0.15) is 5.56 Å². The first-order valence-electron chi connectivity index (χ1n) is 5.16. The molecule has 0 spiro atoms. The third-order valence-corrected chi connectivity index (χ3v) is 2.50. The van der Waals surface area contributed by atoms with Gasteiger partial charge in [-0.1, -0.05) is 0 Å². The first-order valence-corrected chi connectivity index (χ1v) is 5.16. The first kappa shape index (κ1) is 9.89. The van der Waals surface area contributed by atoms with Crippen molar-refractivity contribution in [2.24, 2.45) is 0 Å². The van der Waals surface area contributed by atoms with Gasteiger partial charge in [-0.25, -0.2) is 14.4 Å². The summed E-state index contributed by atoms with van der Waals surface area (Å²) in [6.45, 7) is 1.94. The molecular weight excluding hydrogens is 219 g/mol. The summed E-state index contributed by atoms with van der Waals surface area (Å²) in [6.07, 6.45) is 4.43. The van der Waals surface area contributed by atoms with E-state index in [4.69, 9.17) is 0 Å². The molecule has 5 heteroatoms. The standard InChI is InChI=1S/C12H9FN4/c1-7-4-10-12(15-5-7)17-11(16-10)8-2-3-14-6-9(8)13/h2-6H,1H3,(H,15,16,17). The number of aromatic nitrogens is 4. The number of H-pyrrole nitrogens is 1. The number of nitrogens with zero attached hydrogens (tertiary/aromatic N) is 3. The van der Waals surface area contributed by atoms with E-state index in [0.717, 1.165) is 11.1 Å². The van der Waals surface area contributed by atoms with Crippen LogP contribution in [0.3, 0.4) is 0 Å². The van der Waals surface area contributed by atoms with Gasteiger partial charge in [0.25, 0.3) is 0 Å². The maximum absolute atomic E-state index is 13.5. The Labute approximate surface area is 96.6 Å². The molecule has 84 valence electrons. The van der Waals surface area contributed by atoms with Gasteiger partial charge in [-0.3, -0.25) is 4.98 Å². The van der Waals surface area contributed by atoms with E-state index in [1.165, 1.54) is 12.4 Å². The summed E-state index contributed by atoms with van der Waals surface area (Å²) in [5.41, 5.74) is 2.82. The fourth-order valence-corrected chi connectivity index (χ4v) is 1.70. The van der Waals surface area contributed by atoms with Crippen LogP contribution in [-0.4, -0.2) is 19.9 Å². The number of hydrogen-bond acceptors (Lipinski definition) is 3. The van der Waals surface area contributed by atoms with Crippen molar-refractivity contribution < 1.29 is 4.39 Å². The van der Waals surface area contributed by atoms with Crippen LogP contribution >= 0.6 is 0 Å².